The van der Waals surface area contributed by atoms with E-state index >= 15 is 0 Å². The van der Waals surface area contributed by atoms with Crippen molar-refractivity contribution in [1.29, 1.82) is 0 Å². The third-order valence-corrected chi connectivity index (χ3v) is 2.41. The molecule has 0 amide bonds. The normalized spacial score (nSPS) is 11.2. The highest BCUT2D eigenvalue weighted by molar-refractivity contribution is 5.86. The summed E-state index contributed by atoms with van der Waals surface area (Å²) in [6.07, 6.45) is 0.976. The highest BCUT2D eigenvalue weighted by Crippen LogP contribution is 1.97. The average molecular weight is 215 g/mol. The third kappa shape index (κ3) is 7.11. The molecule has 1 N–H and O–H groups in total. The molecule has 0 bridgehead atoms. The maximum Gasteiger partial charge on any atom is 0.351 e. The SMILES string of the molecule is C=C(C)C(=O)ONCCC[N+](C)(C)CC. The van der Waals surface area contributed by atoms with Gasteiger partial charge in [0.05, 0.1) is 27.2 Å². The zero-order valence-electron chi connectivity index (χ0n) is 10.3. The Morgan fingerprint density at radius 2 is 2.07 bits per heavy atom. The third-order valence-electron chi connectivity index (χ3n) is 2.41. The van der Waals surface area contributed by atoms with E-state index in [9.17, 15) is 4.79 Å². The molecule has 0 rings (SSSR count). The maximum absolute atomic E-state index is 11.0. The summed E-state index contributed by atoms with van der Waals surface area (Å²) in [5.41, 5.74) is 3.05. The molecule has 0 fully saturated rings. The first-order valence-corrected chi connectivity index (χ1v) is 5.30. The lowest BCUT2D eigenvalue weighted by Gasteiger charge is -2.27. The number of quaternary nitrogens is 1. The summed E-state index contributed by atoms with van der Waals surface area (Å²) in [4.78, 5) is 15.7. The van der Waals surface area contributed by atoms with Crippen LogP contribution in [0.15, 0.2) is 12.2 Å². The summed E-state index contributed by atoms with van der Waals surface area (Å²) in [7, 11) is 4.36. The molecule has 0 aromatic carbocycles. The number of hydrogen-bond donors (Lipinski definition) is 1. The van der Waals surface area contributed by atoms with E-state index in [0.29, 0.717) is 12.1 Å². The van der Waals surface area contributed by atoms with Gasteiger partial charge in [0.15, 0.2) is 0 Å². The zero-order valence-corrected chi connectivity index (χ0v) is 10.3. The lowest BCUT2D eigenvalue weighted by molar-refractivity contribution is -0.888. The number of rotatable bonds is 7. The van der Waals surface area contributed by atoms with Gasteiger partial charge in [0, 0.05) is 18.5 Å². The van der Waals surface area contributed by atoms with Crippen LogP contribution in [-0.2, 0) is 9.63 Å². The molecule has 0 aliphatic rings. The maximum atomic E-state index is 11.0. The summed E-state index contributed by atoms with van der Waals surface area (Å²) in [6, 6.07) is 0. The molecule has 4 heteroatoms. The molecular weight excluding hydrogens is 192 g/mol. The minimum absolute atomic E-state index is 0.390. The Labute approximate surface area is 92.4 Å². The van der Waals surface area contributed by atoms with E-state index in [-0.39, 0.29) is 5.97 Å². The van der Waals surface area contributed by atoms with Crippen molar-refractivity contribution in [3.05, 3.63) is 12.2 Å². The number of nitrogens with zero attached hydrogens (tertiary/aromatic N) is 1. The van der Waals surface area contributed by atoms with Crippen molar-refractivity contribution in [2.75, 3.05) is 33.7 Å². The topological polar surface area (TPSA) is 38.3 Å². The molecule has 0 radical (unpaired) electrons. The highest BCUT2D eigenvalue weighted by Gasteiger charge is 2.10. The molecule has 0 saturated carbocycles. The van der Waals surface area contributed by atoms with Crippen LogP contribution in [-0.4, -0.2) is 44.2 Å². The van der Waals surface area contributed by atoms with Crippen LogP contribution in [0.1, 0.15) is 20.3 Å². The fraction of sp³-hybridized carbons (Fsp3) is 0.727. The van der Waals surface area contributed by atoms with Crippen molar-refractivity contribution in [2.24, 2.45) is 0 Å². The standard InChI is InChI=1S/C11H23N2O2/c1-6-13(4,5)9-7-8-12-15-11(14)10(2)3/h12H,2,6-9H2,1,3-5H3/q+1. The van der Waals surface area contributed by atoms with Crippen LogP contribution in [0.25, 0.3) is 0 Å². The second-order valence-corrected chi connectivity index (χ2v) is 4.39. The average Bonchev–Trinajstić information content (AvgIpc) is 2.16. The molecule has 0 spiro atoms. The molecule has 0 heterocycles. The van der Waals surface area contributed by atoms with E-state index in [0.717, 1.165) is 24.0 Å². The Hall–Kier alpha value is -0.870. The van der Waals surface area contributed by atoms with Gasteiger partial charge < -0.3 is 9.32 Å². The van der Waals surface area contributed by atoms with E-state index in [1.807, 2.05) is 0 Å². The Kier molecular flexibility index (Phi) is 6.20. The van der Waals surface area contributed by atoms with Gasteiger partial charge in [0.1, 0.15) is 0 Å². The Morgan fingerprint density at radius 1 is 1.47 bits per heavy atom. The monoisotopic (exact) mass is 215 g/mol. The lowest BCUT2D eigenvalue weighted by Crippen LogP contribution is -2.41. The summed E-state index contributed by atoms with van der Waals surface area (Å²) < 4.78 is 0.982. The summed E-state index contributed by atoms with van der Waals surface area (Å²) in [5.74, 6) is -0.390. The van der Waals surface area contributed by atoms with Crippen LogP contribution in [0.3, 0.4) is 0 Å². The molecule has 0 aliphatic carbocycles. The van der Waals surface area contributed by atoms with Gasteiger partial charge in [-0.1, -0.05) is 6.58 Å². The molecule has 0 saturated heterocycles. The van der Waals surface area contributed by atoms with Gasteiger partial charge in [-0.3, -0.25) is 0 Å². The minimum atomic E-state index is -0.390. The van der Waals surface area contributed by atoms with Gasteiger partial charge >= 0.3 is 5.97 Å². The molecule has 4 nitrogen and oxygen atoms in total. The fourth-order valence-corrected chi connectivity index (χ4v) is 0.941. The summed E-state index contributed by atoms with van der Waals surface area (Å²) in [5, 5.41) is 0. The Balaban J connectivity index is 3.48. The largest absolute Gasteiger partial charge is 0.367 e. The minimum Gasteiger partial charge on any atom is -0.367 e. The van der Waals surface area contributed by atoms with Crippen LogP contribution >= 0.6 is 0 Å². The smallest absolute Gasteiger partial charge is 0.351 e. The van der Waals surface area contributed by atoms with Gasteiger partial charge in [-0.25, -0.2) is 4.79 Å². The Bertz CT molecular complexity index is 225. The van der Waals surface area contributed by atoms with Crippen LogP contribution in [0, 0.1) is 0 Å². The van der Waals surface area contributed by atoms with Gasteiger partial charge in [-0.2, -0.15) is 5.48 Å². The van der Waals surface area contributed by atoms with Crippen molar-refractivity contribution in [1.82, 2.24) is 5.48 Å². The number of carbonyl (C=O) groups excluding carboxylic acids is 1. The first-order valence-electron chi connectivity index (χ1n) is 5.30. The van der Waals surface area contributed by atoms with Crippen molar-refractivity contribution >= 4 is 5.97 Å². The van der Waals surface area contributed by atoms with Gasteiger partial charge in [0.2, 0.25) is 0 Å². The first kappa shape index (κ1) is 14.1. The molecule has 0 aliphatic heterocycles. The quantitative estimate of drug-likeness (QED) is 0.299. The molecule has 0 atom stereocenters. The molecular formula is C11H23N2O2+. The van der Waals surface area contributed by atoms with E-state index in [2.05, 4.69) is 33.1 Å². The first-order chi connectivity index (χ1) is 6.89. The fourth-order valence-electron chi connectivity index (χ4n) is 0.941. The van der Waals surface area contributed by atoms with Gasteiger partial charge in [-0.15, -0.1) is 0 Å². The predicted molar refractivity (Wildman–Crippen MR) is 61.0 cm³/mol. The van der Waals surface area contributed by atoms with Crippen LogP contribution < -0.4 is 5.48 Å². The second kappa shape index (κ2) is 6.58. The second-order valence-electron chi connectivity index (χ2n) is 4.39. The summed E-state index contributed by atoms with van der Waals surface area (Å²) >= 11 is 0. The molecule has 88 valence electrons. The number of hydrogen-bond acceptors (Lipinski definition) is 3. The van der Waals surface area contributed by atoms with E-state index in [4.69, 9.17) is 4.84 Å². The molecule has 15 heavy (non-hydrogen) atoms. The number of nitrogens with one attached hydrogen (secondary N) is 1. The van der Waals surface area contributed by atoms with E-state index in [1.165, 1.54) is 0 Å². The summed E-state index contributed by atoms with van der Waals surface area (Å²) in [6.45, 7) is 10.1. The van der Waals surface area contributed by atoms with E-state index < -0.39 is 0 Å². The van der Waals surface area contributed by atoms with Crippen molar-refractivity contribution < 1.29 is 14.1 Å². The predicted octanol–water partition coefficient (Wildman–Crippen LogP) is 1.10. The Morgan fingerprint density at radius 3 is 2.53 bits per heavy atom. The lowest BCUT2D eigenvalue weighted by atomic mass is 10.3. The number of carbonyl (C=O) groups is 1. The zero-order chi connectivity index (χ0) is 11.9. The van der Waals surface area contributed by atoms with Crippen molar-refractivity contribution in [3.63, 3.8) is 0 Å². The van der Waals surface area contributed by atoms with Gasteiger partial charge in [0.25, 0.3) is 0 Å². The van der Waals surface area contributed by atoms with Crippen LogP contribution in [0.2, 0.25) is 0 Å². The molecule has 0 aromatic rings. The molecule has 0 aromatic heterocycles. The van der Waals surface area contributed by atoms with Crippen LogP contribution in [0.4, 0.5) is 0 Å². The van der Waals surface area contributed by atoms with Crippen molar-refractivity contribution in [3.8, 4) is 0 Å². The van der Waals surface area contributed by atoms with Gasteiger partial charge in [-0.05, 0) is 13.8 Å². The number of hydroxylamine groups is 1. The molecule has 0 unspecified atom stereocenters. The van der Waals surface area contributed by atoms with E-state index in [1.54, 1.807) is 6.92 Å². The highest BCUT2D eigenvalue weighted by atomic mass is 16.7. The van der Waals surface area contributed by atoms with Crippen molar-refractivity contribution in [2.45, 2.75) is 20.3 Å². The van der Waals surface area contributed by atoms with Crippen LogP contribution in [0.5, 0.6) is 0 Å².